The smallest absolute Gasteiger partial charge is 0.342 e. The number of phenols is 2. The number of thioether (sulfide) groups is 1. The van der Waals surface area contributed by atoms with E-state index in [0.717, 1.165) is 30.4 Å². The molecule has 0 saturated carbocycles. The van der Waals surface area contributed by atoms with E-state index in [2.05, 4.69) is 5.16 Å². The van der Waals surface area contributed by atoms with Gasteiger partial charge in [0.25, 0.3) is 5.91 Å². The molecule has 0 atom stereocenters. The molecule has 0 spiro atoms. The first-order valence-electron chi connectivity index (χ1n) is 10.7. The number of carbonyl (C=O) groups excluding carboxylic acids is 2. The fraction of sp³-hybridized carbons (Fsp3) is 0.435. The molecule has 0 bridgehead atoms. The Hall–Kier alpha value is -2.65. The number of rotatable bonds is 3. The summed E-state index contributed by atoms with van der Waals surface area (Å²) in [5.74, 6) is 0.0873. The number of cyclic esters (lactones) is 1. The number of fused-ring (bicyclic) bond motifs is 1. The third-order valence-corrected chi connectivity index (χ3v) is 6.48. The van der Waals surface area contributed by atoms with Crippen molar-refractivity contribution in [2.24, 2.45) is 5.16 Å². The number of nitrogens with zero attached hydrogens (tertiary/aromatic N) is 2. The fourth-order valence-electron chi connectivity index (χ4n) is 3.39. The van der Waals surface area contributed by atoms with Crippen molar-refractivity contribution in [3.8, 4) is 11.5 Å². The van der Waals surface area contributed by atoms with Crippen molar-refractivity contribution >= 4 is 41.0 Å². The van der Waals surface area contributed by atoms with E-state index in [1.165, 1.54) is 0 Å². The van der Waals surface area contributed by atoms with E-state index < -0.39 is 11.7 Å². The molecule has 1 aromatic rings. The van der Waals surface area contributed by atoms with Crippen LogP contribution in [-0.2, 0) is 20.8 Å². The monoisotopic (exact) mass is 494 g/mol. The molecule has 8 nitrogen and oxygen atoms in total. The highest BCUT2D eigenvalue weighted by Crippen LogP contribution is 2.37. The molecule has 178 valence electrons. The van der Waals surface area contributed by atoms with Crippen LogP contribution in [0.2, 0.25) is 5.02 Å². The lowest BCUT2D eigenvalue weighted by Crippen LogP contribution is -2.39. The highest BCUT2D eigenvalue weighted by atomic mass is 35.5. The molecule has 1 amide bonds. The average Bonchev–Trinajstić information content (AvgIpc) is 2.80. The van der Waals surface area contributed by atoms with Gasteiger partial charge in [0.05, 0.1) is 17.3 Å². The standard InChI is InChI=1S/C23H27ClN2O6S/c24-22-17-13-16(25-32-15-20(29)26-8-11-33-12-9-26)7-5-3-1-2-4-6-10-31-23(30)21(17)18(27)14-19(22)28/h2,4-5,7,14,27-28H,1,3,6,8-13,15H2. The maximum absolute atomic E-state index is 12.7. The molecule has 3 rings (SSSR count). The van der Waals surface area contributed by atoms with Crippen LogP contribution < -0.4 is 0 Å². The Labute approximate surface area is 201 Å². The second kappa shape index (κ2) is 12.6. The summed E-state index contributed by atoms with van der Waals surface area (Å²) in [4.78, 5) is 32.1. The van der Waals surface area contributed by atoms with Crippen LogP contribution in [0.4, 0.5) is 0 Å². The summed E-state index contributed by atoms with van der Waals surface area (Å²) in [6.45, 7) is 1.30. The van der Waals surface area contributed by atoms with E-state index in [9.17, 15) is 19.8 Å². The van der Waals surface area contributed by atoms with Crippen molar-refractivity contribution in [2.75, 3.05) is 37.8 Å². The Morgan fingerprint density at radius 2 is 1.88 bits per heavy atom. The predicted molar refractivity (Wildman–Crippen MR) is 128 cm³/mol. The highest BCUT2D eigenvalue weighted by molar-refractivity contribution is 7.99. The molecule has 0 radical (unpaired) electrons. The number of oxime groups is 1. The Morgan fingerprint density at radius 1 is 1.15 bits per heavy atom. The van der Waals surface area contributed by atoms with Gasteiger partial charge in [-0.2, -0.15) is 11.8 Å². The van der Waals surface area contributed by atoms with Gasteiger partial charge in [-0.25, -0.2) is 4.79 Å². The average molecular weight is 495 g/mol. The number of benzene rings is 1. The Bertz CT molecular complexity index is 957. The van der Waals surface area contributed by atoms with E-state index in [1.807, 2.05) is 18.2 Å². The largest absolute Gasteiger partial charge is 0.507 e. The van der Waals surface area contributed by atoms with Gasteiger partial charge < -0.3 is 24.7 Å². The zero-order chi connectivity index (χ0) is 23.6. The predicted octanol–water partition coefficient (Wildman–Crippen LogP) is 3.69. The number of phenolic OH excluding ortho intramolecular Hbond substituents is 2. The fourth-order valence-corrected chi connectivity index (χ4v) is 4.51. The maximum Gasteiger partial charge on any atom is 0.342 e. The van der Waals surface area contributed by atoms with Crippen LogP contribution in [-0.4, -0.2) is 70.5 Å². The van der Waals surface area contributed by atoms with Crippen LogP contribution >= 0.6 is 23.4 Å². The molecule has 2 heterocycles. The molecular weight excluding hydrogens is 468 g/mol. The first-order chi connectivity index (χ1) is 16.0. The molecule has 1 fully saturated rings. The first-order valence-corrected chi connectivity index (χ1v) is 12.3. The van der Waals surface area contributed by atoms with Crippen molar-refractivity contribution in [1.82, 2.24) is 4.90 Å². The van der Waals surface area contributed by atoms with Crippen molar-refractivity contribution < 1.29 is 29.4 Å². The van der Waals surface area contributed by atoms with Gasteiger partial charge in [-0.1, -0.05) is 35.0 Å². The van der Waals surface area contributed by atoms with Crippen LogP contribution in [0.25, 0.3) is 0 Å². The first kappa shape index (κ1) is 25.0. The molecule has 0 aromatic heterocycles. The van der Waals surface area contributed by atoms with Crippen molar-refractivity contribution in [3.63, 3.8) is 0 Å². The van der Waals surface area contributed by atoms with Gasteiger partial charge in [-0.15, -0.1) is 0 Å². The minimum absolute atomic E-state index is 0.0217. The number of carbonyl (C=O) groups is 2. The van der Waals surface area contributed by atoms with Crippen LogP contribution in [0, 0.1) is 0 Å². The summed E-state index contributed by atoms with van der Waals surface area (Å²) in [6, 6.07) is 1.00. The zero-order valence-corrected chi connectivity index (χ0v) is 19.7. The molecule has 33 heavy (non-hydrogen) atoms. The van der Waals surface area contributed by atoms with Gasteiger partial charge in [0.15, 0.2) is 6.61 Å². The number of hydrogen-bond donors (Lipinski definition) is 2. The van der Waals surface area contributed by atoms with Gasteiger partial charge in [0.1, 0.15) is 17.1 Å². The van der Waals surface area contributed by atoms with Crippen molar-refractivity contribution in [1.29, 1.82) is 0 Å². The molecule has 2 N–H and O–H groups in total. The van der Waals surface area contributed by atoms with Crippen molar-refractivity contribution in [3.05, 3.63) is 46.5 Å². The summed E-state index contributed by atoms with van der Waals surface area (Å²) in [7, 11) is 0. The quantitative estimate of drug-likeness (QED) is 0.374. The van der Waals surface area contributed by atoms with Gasteiger partial charge in [-0.05, 0) is 30.9 Å². The van der Waals surface area contributed by atoms with Crippen LogP contribution in [0.1, 0.15) is 35.2 Å². The number of hydrogen-bond acceptors (Lipinski definition) is 8. The zero-order valence-electron chi connectivity index (χ0n) is 18.2. The lowest BCUT2D eigenvalue weighted by Gasteiger charge is -2.25. The third kappa shape index (κ3) is 7.17. The molecule has 1 aromatic carbocycles. The molecule has 0 aliphatic carbocycles. The summed E-state index contributed by atoms with van der Waals surface area (Å²) < 4.78 is 5.27. The molecule has 2 aliphatic heterocycles. The second-order valence-corrected chi connectivity index (χ2v) is 9.09. The lowest BCUT2D eigenvalue weighted by atomic mass is 9.99. The second-order valence-electron chi connectivity index (χ2n) is 7.48. The minimum Gasteiger partial charge on any atom is -0.507 e. The van der Waals surface area contributed by atoms with Crippen LogP contribution in [0.5, 0.6) is 11.5 Å². The SMILES string of the molecule is O=C1OCCC=CCCC=CC(=NOCC(=O)N2CCSCC2)Cc2c(Cl)c(O)cc(O)c21. The topological polar surface area (TPSA) is 109 Å². The number of allylic oxidation sites excluding steroid dienone is 3. The lowest BCUT2D eigenvalue weighted by molar-refractivity contribution is -0.135. The van der Waals surface area contributed by atoms with Gasteiger partial charge in [-0.3, -0.25) is 4.79 Å². The number of halogens is 1. The number of ether oxygens (including phenoxy) is 1. The molecule has 2 aliphatic rings. The van der Waals surface area contributed by atoms with E-state index in [-0.39, 0.29) is 47.4 Å². The van der Waals surface area contributed by atoms with E-state index in [0.29, 0.717) is 25.2 Å². The number of aromatic hydroxyl groups is 2. The Kier molecular flexibility index (Phi) is 9.50. The normalized spacial score (nSPS) is 19.0. The summed E-state index contributed by atoms with van der Waals surface area (Å²) >= 11 is 8.09. The van der Waals surface area contributed by atoms with E-state index in [1.54, 1.807) is 22.7 Å². The third-order valence-electron chi connectivity index (χ3n) is 5.11. The Morgan fingerprint density at radius 3 is 2.67 bits per heavy atom. The molecule has 0 unspecified atom stereocenters. The van der Waals surface area contributed by atoms with Gasteiger partial charge in [0, 0.05) is 37.1 Å². The summed E-state index contributed by atoms with van der Waals surface area (Å²) in [6.07, 6.45) is 9.58. The van der Waals surface area contributed by atoms with Gasteiger partial charge >= 0.3 is 5.97 Å². The Balaban J connectivity index is 1.86. The van der Waals surface area contributed by atoms with E-state index in [4.69, 9.17) is 21.2 Å². The highest BCUT2D eigenvalue weighted by Gasteiger charge is 2.24. The molecule has 10 heteroatoms. The number of esters is 1. The van der Waals surface area contributed by atoms with E-state index >= 15 is 0 Å². The number of amides is 1. The summed E-state index contributed by atoms with van der Waals surface area (Å²) in [5, 5.41) is 24.4. The maximum atomic E-state index is 12.7. The summed E-state index contributed by atoms with van der Waals surface area (Å²) in [5.41, 5.74) is 0.402. The van der Waals surface area contributed by atoms with Crippen molar-refractivity contribution in [2.45, 2.75) is 25.7 Å². The minimum atomic E-state index is -0.753. The molecular formula is C23H27ClN2O6S. The molecule has 1 saturated heterocycles. The van der Waals surface area contributed by atoms with Gasteiger partial charge in [0.2, 0.25) is 0 Å². The van der Waals surface area contributed by atoms with Crippen LogP contribution in [0.15, 0.2) is 35.5 Å². The van der Waals surface area contributed by atoms with Crippen LogP contribution in [0.3, 0.4) is 0 Å².